The molecule has 0 aliphatic carbocycles. The number of hydrogen-bond acceptors (Lipinski definition) is 2. The summed E-state index contributed by atoms with van der Waals surface area (Å²) in [5.74, 6) is 0.463. The Morgan fingerprint density at radius 2 is 2.16 bits per heavy atom. The summed E-state index contributed by atoms with van der Waals surface area (Å²) in [6.45, 7) is 5.22. The highest BCUT2D eigenvalue weighted by molar-refractivity contribution is 5.64. The average molecular weight is 259 g/mol. The minimum Gasteiger partial charge on any atom is -0.316 e. The molecule has 1 aliphatic rings. The molecule has 3 rings (SSSR count). The molecule has 3 nitrogen and oxygen atoms in total. The van der Waals surface area contributed by atoms with Crippen LogP contribution < -0.4 is 5.32 Å². The molecule has 1 aromatic heterocycles. The lowest BCUT2D eigenvalue weighted by Gasteiger charge is -2.10. The molecule has 2 aromatic rings. The number of benzene rings is 1. The fourth-order valence-corrected chi connectivity index (χ4v) is 2.66. The molecule has 0 spiro atoms. The first-order valence-electron chi connectivity index (χ1n) is 6.73. The van der Waals surface area contributed by atoms with Crippen LogP contribution in [0, 0.1) is 18.7 Å². The third-order valence-electron chi connectivity index (χ3n) is 3.85. The van der Waals surface area contributed by atoms with Crippen molar-refractivity contribution in [3.63, 3.8) is 0 Å². The largest absolute Gasteiger partial charge is 0.316 e. The van der Waals surface area contributed by atoms with Crippen molar-refractivity contribution in [1.29, 1.82) is 0 Å². The predicted octanol–water partition coefficient (Wildman–Crippen LogP) is 2.61. The van der Waals surface area contributed by atoms with Crippen molar-refractivity contribution >= 4 is 0 Å². The first-order valence-corrected chi connectivity index (χ1v) is 6.73. The van der Waals surface area contributed by atoms with Gasteiger partial charge < -0.3 is 5.32 Å². The molecule has 0 amide bonds. The van der Waals surface area contributed by atoms with Crippen LogP contribution in [0.4, 0.5) is 4.39 Å². The molecule has 1 atom stereocenters. The van der Waals surface area contributed by atoms with Crippen LogP contribution in [0.5, 0.6) is 0 Å². The van der Waals surface area contributed by atoms with Crippen LogP contribution in [0.1, 0.15) is 12.1 Å². The van der Waals surface area contributed by atoms with Gasteiger partial charge in [-0.2, -0.15) is 5.10 Å². The van der Waals surface area contributed by atoms with Crippen molar-refractivity contribution in [2.24, 2.45) is 5.92 Å². The van der Waals surface area contributed by atoms with E-state index >= 15 is 0 Å². The summed E-state index contributed by atoms with van der Waals surface area (Å²) in [5.41, 5.74) is 3.26. The Bertz CT molecular complexity index is 553. The van der Waals surface area contributed by atoms with Crippen molar-refractivity contribution in [3.05, 3.63) is 42.0 Å². The van der Waals surface area contributed by atoms with Crippen molar-refractivity contribution in [2.45, 2.75) is 19.9 Å². The van der Waals surface area contributed by atoms with E-state index in [2.05, 4.69) is 22.0 Å². The van der Waals surface area contributed by atoms with E-state index < -0.39 is 0 Å². The lowest BCUT2D eigenvalue weighted by molar-refractivity contribution is 0.443. The molecule has 1 saturated heterocycles. The van der Waals surface area contributed by atoms with E-state index in [0.717, 1.165) is 36.5 Å². The molecule has 1 aromatic carbocycles. The molecule has 0 bridgehead atoms. The number of rotatable bonds is 3. The molecule has 0 radical (unpaired) electrons. The van der Waals surface area contributed by atoms with Crippen molar-refractivity contribution in [1.82, 2.24) is 15.1 Å². The molecule has 1 fully saturated rings. The van der Waals surface area contributed by atoms with Gasteiger partial charge in [0.05, 0.1) is 6.20 Å². The predicted molar refractivity (Wildman–Crippen MR) is 73.3 cm³/mol. The molecule has 19 heavy (non-hydrogen) atoms. The fourth-order valence-electron chi connectivity index (χ4n) is 2.66. The highest BCUT2D eigenvalue weighted by Gasteiger charge is 2.17. The van der Waals surface area contributed by atoms with Crippen LogP contribution in [0.15, 0.2) is 30.5 Å². The van der Waals surface area contributed by atoms with Crippen LogP contribution in [-0.4, -0.2) is 22.9 Å². The summed E-state index contributed by atoms with van der Waals surface area (Å²) < 4.78 is 15.0. The summed E-state index contributed by atoms with van der Waals surface area (Å²) in [4.78, 5) is 0. The molecular formula is C15H18FN3. The second-order valence-corrected chi connectivity index (χ2v) is 5.19. The van der Waals surface area contributed by atoms with E-state index in [1.165, 1.54) is 18.6 Å². The Morgan fingerprint density at radius 1 is 1.37 bits per heavy atom. The monoisotopic (exact) mass is 259 g/mol. The maximum atomic E-state index is 13.0. The zero-order valence-electron chi connectivity index (χ0n) is 11.1. The van der Waals surface area contributed by atoms with E-state index in [4.69, 9.17) is 0 Å². The Labute approximate surface area is 112 Å². The third-order valence-corrected chi connectivity index (χ3v) is 3.85. The summed E-state index contributed by atoms with van der Waals surface area (Å²) in [7, 11) is 0. The lowest BCUT2D eigenvalue weighted by atomic mass is 10.1. The minimum atomic E-state index is -0.203. The van der Waals surface area contributed by atoms with E-state index in [1.807, 2.05) is 6.20 Å². The van der Waals surface area contributed by atoms with E-state index in [0.29, 0.717) is 5.92 Å². The van der Waals surface area contributed by atoms with Gasteiger partial charge in [-0.1, -0.05) is 12.1 Å². The molecular weight excluding hydrogens is 241 g/mol. The first-order chi connectivity index (χ1) is 9.24. The number of hydrogen-bond donors (Lipinski definition) is 1. The molecule has 1 N–H and O–H groups in total. The standard InChI is InChI=1S/C15H18FN3/c1-11-15(13-2-4-14(16)5-3-13)9-18-19(11)10-12-6-7-17-8-12/h2-5,9,12,17H,6-8,10H2,1H3. The van der Waals surface area contributed by atoms with Crippen molar-refractivity contribution in [3.8, 4) is 11.1 Å². The molecule has 2 heterocycles. The van der Waals surface area contributed by atoms with Gasteiger partial charge in [-0.05, 0) is 50.0 Å². The number of halogens is 1. The fraction of sp³-hybridized carbons (Fsp3) is 0.400. The highest BCUT2D eigenvalue weighted by atomic mass is 19.1. The van der Waals surface area contributed by atoms with Gasteiger partial charge in [-0.15, -0.1) is 0 Å². The summed E-state index contributed by atoms with van der Waals surface area (Å²) in [6, 6.07) is 6.60. The highest BCUT2D eigenvalue weighted by Crippen LogP contribution is 2.24. The van der Waals surface area contributed by atoms with Gasteiger partial charge in [-0.25, -0.2) is 4.39 Å². The summed E-state index contributed by atoms with van der Waals surface area (Å²) in [6.07, 6.45) is 3.09. The zero-order valence-corrected chi connectivity index (χ0v) is 11.1. The molecule has 1 aliphatic heterocycles. The Hall–Kier alpha value is -1.68. The van der Waals surface area contributed by atoms with Gasteiger partial charge >= 0.3 is 0 Å². The maximum Gasteiger partial charge on any atom is 0.123 e. The SMILES string of the molecule is Cc1c(-c2ccc(F)cc2)cnn1CC1CCNC1. The average Bonchev–Trinajstić information content (AvgIpc) is 3.03. The van der Waals surface area contributed by atoms with E-state index in [9.17, 15) is 4.39 Å². The molecule has 1 unspecified atom stereocenters. The van der Waals surface area contributed by atoms with Gasteiger partial charge in [0.1, 0.15) is 5.82 Å². The van der Waals surface area contributed by atoms with Crippen molar-refractivity contribution in [2.75, 3.05) is 13.1 Å². The second-order valence-electron chi connectivity index (χ2n) is 5.19. The summed E-state index contributed by atoms with van der Waals surface area (Å²) >= 11 is 0. The summed E-state index contributed by atoms with van der Waals surface area (Å²) in [5, 5.41) is 7.85. The van der Waals surface area contributed by atoms with Crippen LogP contribution in [-0.2, 0) is 6.54 Å². The maximum absolute atomic E-state index is 13.0. The van der Waals surface area contributed by atoms with Crippen LogP contribution in [0.25, 0.3) is 11.1 Å². The van der Waals surface area contributed by atoms with Crippen LogP contribution in [0.3, 0.4) is 0 Å². The molecule has 0 saturated carbocycles. The number of nitrogens with one attached hydrogen (secondary N) is 1. The number of aromatic nitrogens is 2. The van der Waals surface area contributed by atoms with E-state index in [-0.39, 0.29) is 5.82 Å². The molecule has 4 heteroatoms. The molecule has 100 valence electrons. The Morgan fingerprint density at radius 3 is 2.84 bits per heavy atom. The van der Waals surface area contributed by atoms with Gasteiger partial charge in [0.15, 0.2) is 0 Å². The second kappa shape index (κ2) is 5.13. The van der Waals surface area contributed by atoms with Crippen LogP contribution in [0.2, 0.25) is 0 Å². The van der Waals surface area contributed by atoms with Crippen molar-refractivity contribution < 1.29 is 4.39 Å². The smallest absolute Gasteiger partial charge is 0.123 e. The zero-order chi connectivity index (χ0) is 13.2. The topological polar surface area (TPSA) is 29.9 Å². The van der Waals surface area contributed by atoms with Crippen LogP contribution >= 0.6 is 0 Å². The van der Waals surface area contributed by atoms with Gasteiger partial charge in [0.25, 0.3) is 0 Å². The van der Waals surface area contributed by atoms with E-state index in [1.54, 1.807) is 12.1 Å². The number of nitrogens with zero attached hydrogens (tertiary/aromatic N) is 2. The lowest BCUT2D eigenvalue weighted by Crippen LogP contribution is -2.16. The minimum absolute atomic E-state index is 0.203. The third kappa shape index (κ3) is 2.54. The van der Waals surface area contributed by atoms with Gasteiger partial charge in [0, 0.05) is 17.8 Å². The normalized spacial score (nSPS) is 18.9. The quantitative estimate of drug-likeness (QED) is 0.918. The van der Waals surface area contributed by atoms with Gasteiger partial charge in [-0.3, -0.25) is 4.68 Å². The van der Waals surface area contributed by atoms with Gasteiger partial charge in [0.2, 0.25) is 0 Å². The Kier molecular flexibility index (Phi) is 3.34. The Balaban J connectivity index is 1.83. The first kappa shape index (κ1) is 12.4.